The highest BCUT2D eigenvalue weighted by Crippen LogP contribution is 2.44. The van der Waals surface area contributed by atoms with Crippen LogP contribution in [0.2, 0.25) is 10.0 Å². The Morgan fingerprint density at radius 1 is 0.917 bits per heavy atom. The minimum atomic E-state index is -0.627. The molecular weight excluding hydrogens is 347 g/mol. The molecule has 0 saturated heterocycles. The lowest BCUT2D eigenvalue weighted by Crippen LogP contribution is -2.54. The second-order valence-electron chi connectivity index (χ2n) is 5.86. The molecule has 1 aliphatic rings. The van der Waals surface area contributed by atoms with Crippen molar-refractivity contribution in [3.05, 3.63) is 69.7 Å². The van der Waals surface area contributed by atoms with Crippen molar-refractivity contribution in [3.8, 4) is 0 Å². The van der Waals surface area contributed by atoms with Crippen LogP contribution in [0, 0.1) is 0 Å². The molecule has 1 saturated carbocycles. The topological polar surface area (TPSA) is 58.2 Å². The molecule has 0 bridgehead atoms. The zero-order valence-corrected chi connectivity index (χ0v) is 14.3. The Kier molecular flexibility index (Phi) is 4.78. The van der Waals surface area contributed by atoms with Gasteiger partial charge in [0.05, 0.1) is 5.41 Å². The van der Waals surface area contributed by atoms with E-state index in [4.69, 9.17) is 23.2 Å². The van der Waals surface area contributed by atoms with E-state index in [1.54, 1.807) is 36.4 Å². The summed E-state index contributed by atoms with van der Waals surface area (Å²) in [6.45, 7) is 0. The van der Waals surface area contributed by atoms with Crippen LogP contribution in [0.15, 0.2) is 48.5 Å². The van der Waals surface area contributed by atoms with Crippen LogP contribution in [0.25, 0.3) is 0 Å². The molecule has 0 aliphatic heterocycles. The fraction of sp³-hybridized carbons (Fsp3) is 0.222. The minimum Gasteiger partial charge on any atom is -0.272 e. The monoisotopic (exact) mass is 362 g/mol. The fourth-order valence-corrected chi connectivity index (χ4v) is 3.19. The van der Waals surface area contributed by atoms with Gasteiger partial charge in [0, 0.05) is 15.6 Å². The molecule has 0 atom stereocenters. The summed E-state index contributed by atoms with van der Waals surface area (Å²) in [4.78, 5) is 24.8. The summed E-state index contributed by atoms with van der Waals surface area (Å²) >= 11 is 11.8. The lowest BCUT2D eigenvalue weighted by atomic mass is 9.64. The predicted octanol–water partition coefficient (Wildman–Crippen LogP) is 3.88. The van der Waals surface area contributed by atoms with Crippen LogP contribution in [-0.4, -0.2) is 11.8 Å². The molecule has 2 aromatic rings. The number of hydrazine groups is 1. The largest absolute Gasteiger partial charge is 0.272 e. The zero-order valence-electron chi connectivity index (χ0n) is 12.8. The standard InChI is InChI=1S/C18H16Cl2N2O2/c19-14-7-5-12(6-8-14)16(23)21-22-17(24)18(9-2-10-18)13-3-1-4-15(20)11-13/h1,3-8,11H,2,9-10H2,(H,21,23)(H,22,24). The summed E-state index contributed by atoms with van der Waals surface area (Å²) < 4.78 is 0. The Bertz CT molecular complexity index is 771. The molecule has 2 N–H and O–H groups in total. The molecule has 0 aromatic heterocycles. The van der Waals surface area contributed by atoms with Gasteiger partial charge in [0.25, 0.3) is 5.91 Å². The number of rotatable bonds is 3. The Morgan fingerprint density at radius 2 is 1.62 bits per heavy atom. The van der Waals surface area contributed by atoms with E-state index in [0.717, 1.165) is 24.8 Å². The van der Waals surface area contributed by atoms with E-state index in [2.05, 4.69) is 10.9 Å². The predicted molar refractivity (Wildman–Crippen MR) is 94.0 cm³/mol. The van der Waals surface area contributed by atoms with Gasteiger partial charge in [-0.1, -0.05) is 41.8 Å². The molecule has 2 amide bonds. The van der Waals surface area contributed by atoms with E-state index in [1.165, 1.54) is 0 Å². The third kappa shape index (κ3) is 3.25. The Morgan fingerprint density at radius 3 is 2.21 bits per heavy atom. The van der Waals surface area contributed by atoms with Crippen molar-refractivity contribution >= 4 is 35.0 Å². The van der Waals surface area contributed by atoms with Crippen molar-refractivity contribution in [2.75, 3.05) is 0 Å². The maximum atomic E-state index is 12.7. The number of hydrogen-bond acceptors (Lipinski definition) is 2. The first-order valence-electron chi connectivity index (χ1n) is 7.64. The normalized spacial score (nSPS) is 15.2. The van der Waals surface area contributed by atoms with Crippen molar-refractivity contribution < 1.29 is 9.59 Å². The van der Waals surface area contributed by atoms with Gasteiger partial charge in [-0.15, -0.1) is 0 Å². The summed E-state index contributed by atoms with van der Waals surface area (Å²) in [5.74, 6) is -0.612. The number of nitrogens with one attached hydrogen (secondary N) is 2. The highest BCUT2D eigenvalue weighted by molar-refractivity contribution is 6.31. The van der Waals surface area contributed by atoms with Gasteiger partial charge in [-0.3, -0.25) is 20.4 Å². The third-order valence-corrected chi connectivity index (χ3v) is 4.90. The molecule has 2 aromatic carbocycles. The van der Waals surface area contributed by atoms with Crippen molar-refractivity contribution in [1.82, 2.24) is 10.9 Å². The van der Waals surface area contributed by atoms with Crippen LogP contribution in [0.3, 0.4) is 0 Å². The van der Waals surface area contributed by atoms with Crippen LogP contribution in [0.5, 0.6) is 0 Å². The van der Waals surface area contributed by atoms with Gasteiger partial charge in [0.15, 0.2) is 0 Å². The maximum absolute atomic E-state index is 12.7. The molecule has 0 heterocycles. The molecule has 0 radical (unpaired) electrons. The molecule has 1 fully saturated rings. The molecular formula is C18H16Cl2N2O2. The summed E-state index contributed by atoms with van der Waals surface area (Å²) in [6.07, 6.45) is 2.43. The van der Waals surface area contributed by atoms with Gasteiger partial charge in [-0.2, -0.15) is 0 Å². The first-order chi connectivity index (χ1) is 11.5. The number of carbonyl (C=O) groups excluding carboxylic acids is 2. The Balaban J connectivity index is 1.69. The summed E-state index contributed by atoms with van der Waals surface area (Å²) in [5.41, 5.74) is 5.67. The quantitative estimate of drug-likeness (QED) is 0.814. The molecule has 0 spiro atoms. The number of amides is 2. The van der Waals surface area contributed by atoms with E-state index >= 15 is 0 Å². The molecule has 3 rings (SSSR count). The summed E-state index contributed by atoms with van der Waals surface area (Å²) in [5, 5.41) is 1.14. The molecule has 6 heteroatoms. The SMILES string of the molecule is O=C(NNC(=O)C1(c2cccc(Cl)c2)CCC1)c1ccc(Cl)cc1. The molecule has 0 unspecified atom stereocenters. The summed E-state index contributed by atoms with van der Waals surface area (Å²) in [7, 11) is 0. The number of carbonyl (C=O) groups is 2. The van der Waals surface area contributed by atoms with Crippen molar-refractivity contribution in [2.24, 2.45) is 0 Å². The minimum absolute atomic E-state index is 0.224. The van der Waals surface area contributed by atoms with Crippen molar-refractivity contribution in [1.29, 1.82) is 0 Å². The fourth-order valence-electron chi connectivity index (χ4n) is 2.87. The highest BCUT2D eigenvalue weighted by atomic mass is 35.5. The summed E-state index contributed by atoms with van der Waals surface area (Å²) in [6, 6.07) is 13.7. The van der Waals surface area contributed by atoms with Crippen molar-refractivity contribution in [3.63, 3.8) is 0 Å². The lowest BCUT2D eigenvalue weighted by molar-refractivity contribution is -0.130. The van der Waals surface area contributed by atoms with Crippen LogP contribution in [0.4, 0.5) is 0 Å². The van der Waals surface area contributed by atoms with Gasteiger partial charge in [-0.05, 0) is 54.8 Å². The van der Waals surface area contributed by atoms with Gasteiger partial charge in [0.1, 0.15) is 0 Å². The second kappa shape index (κ2) is 6.83. The third-order valence-electron chi connectivity index (χ3n) is 4.41. The molecule has 1 aliphatic carbocycles. The van der Waals surface area contributed by atoms with E-state index in [0.29, 0.717) is 15.6 Å². The Labute approximate surface area is 150 Å². The van der Waals surface area contributed by atoms with Gasteiger partial charge in [-0.25, -0.2) is 0 Å². The van der Waals surface area contributed by atoms with E-state index in [-0.39, 0.29) is 11.8 Å². The van der Waals surface area contributed by atoms with E-state index in [9.17, 15) is 9.59 Å². The number of halogens is 2. The van der Waals surface area contributed by atoms with Crippen LogP contribution in [0.1, 0.15) is 35.2 Å². The van der Waals surface area contributed by atoms with Crippen molar-refractivity contribution in [2.45, 2.75) is 24.7 Å². The smallest absolute Gasteiger partial charge is 0.269 e. The first-order valence-corrected chi connectivity index (χ1v) is 8.39. The maximum Gasteiger partial charge on any atom is 0.269 e. The molecule has 4 nitrogen and oxygen atoms in total. The lowest BCUT2D eigenvalue weighted by Gasteiger charge is -2.40. The first kappa shape index (κ1) is 16.8. The molecule has 124 valence electrons. The van der Waals surface area contributed by atoms with Crippen LogP contribution in [-0.2, 0) is 10.2 Å². The second-order valence-corrected chi connectivity index (χ2v) is 6.73. The van der Waals surface area contributed by atoms with Crippen LogP contribution < -0.4 is 10.9 Å². The Hall–Kier alpha value is -2.04. The van der Waals surface area contributed by atoms with E-state index < -0.39 is 5.41 Å². The number of hydrogen-bond donors (Lipinski definition) is 2. The molecule has 24 heavy (non-hydrogen) atoms. The van der Waals surface area contributed by atoms with Gasteiger partial charge in [0.2, 0.25) is 5.91 Å². The average Bonchev–Trinajstić information content (AvgIpc) is 2.52. The highest BCUT2D eigenvalue weighted by Gasteiger charge is 2.45. The zero-order chi connectivity index (χ0) is 17.2. The van der Waals surface area contributed by atoms with Gasteiger partial charge >= 0.3 is 0 Å². The van der Waals surface area contributed by atoms with E-state index in [1.807, 2.05) is 12.1 Å². The van der Waals surface area contributed by atoms with Crippen LogP contribution >= 0.6 is 23.2 Å². The van der Waals surface area contributed by atoms with Gasteiger partial charge < -0.3 is 0 Å². The number of benzene rings is 2. The average molecular weight is 363 g/mol.